The van der Waals surface area contributed by atoms with Crippen molar-refractivity contribution in [1.29, 1.82) is 0 Å². The van der Waals surface area contributed by atoms with Crippen molar-refractivity contribution in [1.82, 2.24) is 10.2 Å². The smallest absolute Gasteiger partial charge is 0.272 e. The van der Waals surface area contributed by atoms with Crippen LogP contribution in [0.2, 0.25) is 5.02 Å². The fourth-order valence-corrected chi connectivity index (χ4v) is 3.94. The van der Waals surface area contributed by atoms with Gasteiger partial charge in [0.05, 0.1) is 6.54 Å². The molecule has 2 aliphatic rings. The number of nitrogens with one attached hydrogen (secondary N) is 2. The van der Waals surface area contributed by atoms with Crippen LogP contribution in [0.5, 0.6) is 0 Å². The van der Waals surface area contributed by atoms with Gasteiger partial charge in [0.15, 0.2) is 0 Å². The molecular formula is C22H23ClN4O2. The number of nitrogens with zero attached hydrogens (tertiary/aromatic N) is 2. The van der Waals surface area contributed by atoms with E-state index >= 15 is 0 Å². The van der Waals surface area contributed by atoms with Crippen molar-refractivity contribution >= 4 is 34.8 Å². The summed E-state index contributed by atoms with van der Waals surface area (Å²) in [5.41, 5.74) is 2.56. The maximum Gasteiger partial charge on any atom is 0.272 e. The summed E-state index contributed by atoms with van der Waals surface area (Å²) < 4.78 is 0. The van der Waals surface area contributed by atoms with Crippen LogP contribution in [0.3, 0.4) is 0 Å². The molecule has 0 aliphatic carbocycles. The molecule has 1 saturated heterocycles. The zero-order valence-electron chi connectivity index (χ0n) is 16.2. The van der Waals surface area contributed by atoms with Gasteiger partial charge in [0.2, 0.25) is 5.91 Å². The molecule has 150 valence electrons. The zero-order chi connectivity index (χ0) is 20.4. The third kappa shape index (κ3) is 4.49. The van der Waals surface area contributed by atoms with Crippen LogP contribution in [-0.2, 0) is 9.59 Å². The highest BCUT2D eigenvalue weighted by atomic mass is 35.5. The lowest BCUT2D eigenvalue weighted by molar-refractivity contribution is -0.119. The molecule has 6 nitrogen and oxygen atoms in total. The maximum atomic E-state index is 12.5. The van der Waals surface area contributed by atoms with E-state index in [0.29, 0.717) is 43.2 Å². The van der Waals surface area contributed by atoms with Crippen molar-refractivity contribution in [3.05, 3.63) is 64.7 Å². The van der Waals surface area contributed by atoms with Gasteiger partial charge in [-0.1, -0.05) is 35.9 Å². The average Bonchev–Trinajstić information content (AvgIpc) is 3.00. The van der Waals surface area contributed by atoms with Crippen LogP contribution in [-0.4, -0.2) is 47.7 Å². The lowest BCUT2D eigenvalue weighted by Crippen LogP contribution is -2.52. The summed E-state index contributed by atoms with van der Waals surface area (Å²) in [6.07, 6.45) is 1.35. The second-order valence-electron chi connectivity index (χ2n) is 7.65. The van der Waals surface area contributed by atoms with Crippen LogP contribution < -0.4 is 10.6 Å². The Kier molecular flexibility index (Phi) is 5.39. The summed E-state index contributed by atoms with van der Waals surface area (Å²) in [6.45, 7) is 3.71. The van der Waals surface area contributed by atoms with Gasteiger partial charge in [-0.3, -0.25) is 19.5 Å². The Morgan fingerprint density at radius 2 is 1.93 bits per heavy atom. The molecule has 2 amide bonds. The van der Waals surface area contributed by atoms with E-state index in [1.54, 1.807) is 12.1 Å². The Balaban J connectivity index is 1.36. The number of piperidine rings is 1. The van der Waals surface area contributed by atoms with Gasteiger partial charge in [0.1, 0.15) is 11.4 Å². The number of carbonyl (C=O) groups is 2. The molecule has 4 rings (SSSR count). The molecule has 7 heteroatoms. The number of amides is 2. The quantitative estimate of drug-likeness (QED) is 0.813. The van der Waals surface area contributed by atoms with Gasteiger partial charge >= 0.3 is 0 Å². The minimum absolute atomic E-state index is 0.0348. The second kappa shape index (κ2) is 7.97. The molecule has 1 fully saturated rings. The Bertz CT molecular complexity index is 963. The third-order valence-corrected chi connectivity index (χ3v) is 5.61. The molecular weight excluding hydrogens is 388 g/mol. The number of likely N-dealkylation sites (tertiary alicyclic amines) is 1. The molecule has 1 spiro atoms. The minimum Gasteiger partial charge on any atom is -0.326 e. The van der Waals surface area contributed by atoms with Crippen molar-refractivity contribution in [3.63, 3.8) is 0 Å². The van der Waals surface area contributed by atoms with Crippen LogP contribution in [0.25, 0.3) is 0 Å². The number of benzene rings is 2. The van der Waals surface area contributed by atoms with Gasteiger partial charge in [-0.05, 0) is 36.8 Å². The fraction of sp³-hybridized carbons (Fsp3) is 0.318. The lowest BCUT2D eigenvalue weighted by Gasteiger charge is -2.36. The molecule has 0 aromatic heterocycles. The standard InChI is InChI=1S/C22H23ClN4O2/c1-15-3-2-4-18(13-15)24-19(28)14-27-11-9-22(10-12-27)25-20(21(29)26-22)16-5-7-17(23)8-6-16/h2-8,13H,9-12,14H2,1H3,(H,24,28)(H,26,29). The van der Waals surface area contributed by atoms with Crippen LogP contribution >= 0.6 is 11.6 Å². The highest BCUT2D eigenvalue weighted by Gasteiger charge is 2.42. The highest BCUT2D eigenvalue weighted by molar-refractivity contribution is 6.47. The Labute approximate surface area is 175 Å². The summed E-state index contributed by atoms with van der Waals surface area (Å²) >= 11 is 5.93. The highest BCUT2D eigenvalue weighted by Crippen LogP contribution is 2.29. The molecule has 0 unspecified atom stereocenters. The number of carbonyl (C=O) groups excluding carboxylic acids is 2. The van der Waals surface area contributed by atoms with E-state index in [1.807, 2.05) is 43.3 Å². The first kappa shape index (κ1) is 19.6. The maximum absolute atomic E-state index is 12.5. The van der Waals surface area contributed by atoms with E-state index in [-0.39, 0.29) is 11.8 Å². The van der Waals surface area contributed by atoms with Gasteiger partial charge < -0.3 is 10.6 Å². The normalized spacial score (nSPS) is 18.4. The van der Waals surface area contributed by atoms with E-state index in [1.165, 1.54) is 0 Å². The topological polar surface area (TPSA) is 73.8 Å². The second-order valence-corrected chi connectivity index (χ2v) is 8.08. The molecule has 2 N–H and O–H groups in total. The Morgan fingerprint density at radius 3 is 2.62 bits per heavy atom. The van der Waals surface area contributed by atoms with Crippen molar-refractivity contribution in [2.24, 2.45) is 4.99 Å². The number of aliphatic imine (C=N–C) groups is 1. The minimum atomic E-state index is -0.574. The number of aryl methyl sites for hydroxylation is 1. The molecule has 0 bridgehead atoms. The van der Waals surface area contributed by atoms with Gasteiger partial charge in [0, 0.05) is 42.2 Å². The summed E-state index contributed by atoms with van der Waals surface area (Å²) in [5.74, 6) is -0.190. The van der Waals surface area contributed by atoms with Gasteiger partial charge in [-0.25, -0.2) is 0 Å². The van der Waals surface area contributed by atoms with Crippen LogP contribution in [0.15, 0.2) is 53.5 Å². The number of rotatable bonds is 4. The molecule has 2 heterocycles. The molecule has 0 saturated carbocycles. The number of hydrogen-bond donors (Lipinski definition) is 2. The van der Waals surface area contributed by atoms with E-state index in [9.17, 15) is 9.59 Å². The number of halogens is 1. The predicted molar refractivity (Wildman–Crippen MR) is 114 cm³/mol. The van der Waals surface area contributed by atoms with Crippen LogP contribution in [0, 0.1) is 6.92 Å². The van der Waals surface area contributed by atoms with Crippen LogP contribution in [0.1, 0.15) is 24.0 Å². The summed E-state index contributed by atoms with van der Waals surface area (Å²) in [4.78, 5) is 31.7. The molecule has 29 heavy (non-hydrogen) atoms. The van der Waals surface area contributed by atoms with E-state index in [0.717, 1.165) is 16.8 Å². The summed E-state index contributed by atoms with van der Waals surface area (Å²) in [6, 6.07) is 14.9. The predicted octanol–water partition coefficient (Wildman–Crippen LogP) is 3.00. The van der Waals surface area contributed by atoms with Crippen molar-refractivity contribution in [2.75, 3.05) is 25.0 Å². The summed E-state index contributed by atoms with van der Waals surface area (Å²) in [7, 11) is 0. The van der Waals surface area contributed by atoms with E-state index < -0.39 is 5.66 Å². The summed E-state index contributed by atoms with van der Waals surface area (Å²) in [5, 5.41) is 6.62. The third-order valence-electron chi connectivity index (χ3n) is 5.36. The monoisotopic (exact) mass is 410 g/mol. The number of anilines is 1. The largest absolute Gasteiger partial charge is 0.326 e. The van der Waals surface area contributed by atoms with Gasteiger partial charge in [0.25, 0.3) is 5.91 Å². The number of hydrogen-bond acceptors (Lipinski definition) is 4. The molecule has 2 aromatic carbocycles. The van der Waals surface area contributed by atoms with Crippen molar-refractivity contribution in [3.8, 4) is 0 Å². The molecule has 0 atom stereocenters. The fourth-order valence-electron chi connectivity index (χ4n) is 3.81. The molecule has 2 aliphatic heterocycles. The van der Waals surface area contributed by atoms with Gasteiger partial charge in [-0.15, -0.1) is 0 Å². The Morgan fingerprint density at radius 1 is 1.21 bits per heavy atom. The SMILES string of the molecule is Cc1cccc(NC(=O)CN2CCC3(CC2)N=C(c2ccc(Cl)cc2)C(=O)N3)c1. The Hall–Kier alpha value is -2.70. The zero-order valence-corrected chi connectivity index (χ0v) is 17.0. The first-order chi connectivity index (χ1) is 13.9. The van der Waals surface area contributed by atoms with Crippen molar-refractivity contribution in [2.45, 2.75) is 25.4 Å². The van der Waals surface area contributed by atoms with E-state index in [4.69, 9.17) is 16.6 Å². The average molecular weight is 411 g/mol. The first-order valence-electron chi connectivity index (χ1n) is 9.70. The molecule has 0 radical (unpaired) electrons. The van der Waals surface area contributed by atoms with Gasteiger partial charge in [-0.2, -0.15) is 0 Å². The molecule has 2 aromatic rings. The first-order valence-corrected chi connectivity index (χ1v) is 10.1. The van der Waals surface area contributed by atoms with Crippen molar-refractivity contribution < 1.29 is 9.59 Å². The lowest BCUT2D eigenvalue weighted by atomic mass is 9.98. The van der Waals surface area contributed by atoms with E-state index in [2.05, 4.69) is 15.5 Å². The van der Waals surface area contributed by atoms with Crippen LogP contribution in [0.4, 0.5) is 5.69 Å².